The molecule has 0 aromatic carbocycles. The summed E-state index contributed by atoms with van der Waals surface area (Å²) in [5.41, 5.74) is 5.48. The molecule has 0 aliphatic carbocycles. The highest BCUT2D eigenvalue weighted by molar-refractivity contribution is 5.53. The molecule has 0 aromatic heterocycles. The summed E-state index contributed by atoms with van der Waals surface area (Å²) in [4.78, 5) is 10.4. The summed E-state index contributed by atoms with van der Waals surface area (Å²) in [6, 6.07) is 0. The van der Waals surface area contributed by atoms with Crippen molar-refractivity contribution in [2.75, 3.05) is 0 Å². The van der Waals surface area contributed by atoms with Gasteiger partial charge in [0.1, 0.15) is 6.29 Å². The van der Waals surface area contributed by atoms with Gasteiger partial charge in [-0.15, -0.1) is 0 Å². The van der Waals surface area contributed by atoms with Crippen LogP contribution in [-0.2, 0) is 4.79 Å². The highest BCUT2D eigenvalue weighted by atomic mass is 16.1. The third-order valence-corrected chi connectivity index (χ3v) is 3.46. The van der Waals surface area contributed by atoms with E-state index < -0.39 is 0 Å². The molecule has 118 valence electrons. The Labute approximate surface area is 131 Å². The van der Waals surface area contributed by atoms with Crippen LogP contribution in [0.15, 0.2) is 46.6 Å². The van der Waals surface area contributed by atoms with E-state index in [1.54, 1.807) is 0 Å². The van der Waals surface area contributed by atoms with Gasteiger partial charge in [0.2, 0.25) is 0 Å². The molecule has 1 heteroatoms. The molecule has 0 aliphatic heterocycles. The number of hydrogen-bond donors (Lipinski definition) is 0. The molecule has 0 spiro atoms. The van der Waals surface area contributed by atoms with Crippen LogP contribution >= 0.6 is 0 Å². The van der Waals surface area contributed by atoms with Gasteiger partial charge in [-0.2, -0.15) is 0 Å². The molecule has 21 heavy (non-hydrogen) atoms. The van der Waals surface area contributed by atoms with Crippen molar-refractivity contribution < 1.29 is 4.79 Å². The first-order valence-electron chi connectivity index (χ1n) is 7.99. The zero-order valence-electron chi connectivity index (χ0n) is 14.5. The van der Waals surface area contributed by atoms with E-state index in [1.807, 2.05) is 6.92 Å². The van der Waals surface area contributed by atoms with Gasteiger partial charge in [-0.05, 0) is 66.7 Å². The summed E-state index contributed by atoms with van der Waals surface area (Å²) in [5, 5.41) is 0. The molecular weight excluding hydrogens is 256 g/mol. The van der Waals surface area contributed by atoms with Crippen LogP contribution in [0.3, 0.4) is 0 Å². The summed E-state index contributed by atoms with van der Waals surface area (Å²) >= 11 is 0. The first kappa shape index (κ1) is 19.6. The summed E-state index contributed by atoms with van der Waals surface area (Å²) in [7, 11) is 0. The number of carbonyl (C=O) groups excluding carboxylic acids is 1. The average molecular weight is 288 g/mol. The largest absolute Gasteiger partial charge is 0.303 e. The van der Waals surface area contributed by atoms with Gasteiger partial charge in [0.15, 0.2) is 0 Å². The predicted octanol–water partition coefficient (Wildman–Crippen LogP) is 6.33. The lowest BCUT2D eigenvalue weighted by molar-refractivity contribution is -0.107. The Bertz CT molecular complexity index is 415. The van der Waals surface area contributed by atoms with Crippen molar-refractivity contribution >= 4 is 6.29 Å². The zero-order chi connectivity index (χ0) is 16.1. The van der Waals surface area contributed by atoms with Gasteiger partial charge in [-0.25, -0.2) is 0 Å². The summed E-state index contributed by atoms with van der Waals surface area (Å²) < 4.78 is 0. The Morgan fingerprint density at radius 1 is 0.714 bits per heavy atom. The van der Waals surface area contributed by atoms with Crippen molar-refractivity contribution in [2.24, 2.45) is 0 Å². The van der Waals surface area contributed by atoms with Crippen molar-refractivity contribution in [3.05, 3.63) is 46.6 Å². The summed E-state index contributed by atoms with van der Waals surface area (Å²) in [6.45, 7) is 10.7. The van der Waals surface area contributed by atoms with Crippen LogP contribution in [0.4, 0.5) is 0 Å². The molecule has 0 unspecified atom stereocenters. The van der Waals surface area contributed by atoms with Crippen molar-refractivity contribution in [3.63, 3.8) is 0 Å². The fourth-order valence-electron chi connectivity index (χ4n) is 2.01. The number of carbonyl (C=O) groups is 1. The van der Waals surface area contributed by atoms with E-state index in [2.05, 4.69) is 52.0 Å². The second-order valence-corrected chi connectivity index (χ2v) is 6.12. The van der Waals surface area contributed by atoms with Crippen LogP contribution in [0.5, 0.6) is 0 Å². The van der Waals surface area contributed by atoms with Crippen molar-refractivity contribution in [3.8, 4) is 0 Å². The molecule has 0 aliphatic rings. The SMILES string of the molecule is CC(C)=CCCC(C)=CCCC(C)=CC/C=C(\C)CC=O. The molecule has 0 amide bonds. The smallest absolute Gasteiger partial charge is 0.124 e. The van der Waals surface area contributed by atoms with Gasteiger partial charge in [0.25, 0.3) is 0 Å². The molecule has 0 bridgehead atoms. The van der Waals surface area contributed by atoms with E-state index in [9.17, 15) is 4.79 Å². The minimum Gasteiger partial charge on any atom is -0.303 e. The van der Waals surface area contributed by atoms with E-state index in [1.165, 1.54) is 23.1 Å². The van der Waals surface area contributed by atoms with E-state index in [4.69, 9.17) is 0 Å². The number of hydrogen-bond acceptors (Lipinski definition) is 1. The van der Waals surface area contributed by atoms with Gasteiger partial charge in [0.05, 0.1) is 0 Å². The molecule has 0 fully saturated rings. The van der Waals surface area contributed by atoms with E-state index >= 15 is 0 Å². The highest BCUT2D eigenvalue weighted by Gasteiger charge is 1.92. The molecule has 0 N–H and O–H groups in total. The number of rotatable bonds is 10. The van der Waals surface area contributed by atoms with E-state index in [0.717, 1.165) is 37.5 Å². The standard InChI is InChI=1S/C20H32O/c1-17(2)9-6-10-18(3)11-7-12-19(4)13-8-14-20(5)15-16-21/h9,11,13-14,16H,6-8,10,12,15H2,1-5H3/b18-11?,19-13?,20-14+. The first-order chi connectivity index (χ1) is 9.95. The molecule has 0 radical (unpaired) electrons. The Balaban J connectivity index is 4.01. The lowest BCUT2D eigenvalue weighted by atomic mass is 10.1. The lowest BCUT2D eigenvalue weighted by Gasteiger charge is -2.01. The molecule has 0 rings (SSSR count). The highest BCUT2D eigenvalue weighted by Crippen LogP contribution is 2.12. The Hall–Kier alpha value is -1.37. The third-order valence-electron chi connectivity index (χ3n) is 3.46. The van der Waals surface area contributed by atoms with Crippen molar-refractivity contribution in [2.45, 2.75) is 73.1 Å². The number of allylic oxidation sites excluding steroid dienone is 8. The zero-order valence-corrected chi connectivity index (χ0v) is 14.5. The van der Waals surface area contributed by atoms with Gasteiger partial charge in [-0.1, -0.05) is 46.6 Å². The molecular formula is C20H32O. The summed E-state index contributed by atoms with van der Waals surface area (Å²) in [6.07, 6.45) is 16.1. The Morgan fingerprint density at radius 2 is 1.24 bits per heavy atom. The fourth-order valence-corrected chi connectivity index (χ4v) is 2.01. The van der Waals surface area contributed by atoms with Gasteiger partial charge >= 0.3 is 0 Å². The molecule has 0 saturated heterocycles. The van der Waals surface area contributed by atoms with Crippen LogP contribution in [0, 0.1) is 0 Å². The maximum atomic E-state index is 10.4. The fraction of sp³-hybridized carbons (Fsp3) is 0.550. The quantitative estimate of drug-likeness (QED) is 0.339. The van der Waals surface area contributed by atoms with E-state index in [0.29, 0.717) is 6.42 Å². The maximum Gasteiger partial charge on any atom is 0.124 e. The van der Waals surface area contributed by atoms with Crippen LogP contribution in [0.2, 0.25) is 0 Å². The minimum absolute atomic E-state index is 0.556. The van der Waals surface area contributed by atoms with Crippen LogP contribution in [0.1, 0.15) is 73.1 Å². The topological polar surface area (TPSA) is 17.1 Å². The molecule has 1 nitrogen and oxygen atoms in total. The van der Waals surface area contributed by atoms with Crippen LogP contribution < -0.4 is 0 Å². The van der Waals surface area contributed by atoms with Crippen LogP contribution in [-0.4, -0.2) is 6.29 Å². The Kier molecular flexibility index (Phi) is 11.6. The monoisotopic (exact) mass is 288 g/mol. The van der Waals surface area contributed by atoms with Crippen molar-refractivity contribution in [1.82, 2.24) is 0 Å². The first-order valence-corrected chi connectivity index (χ1v) is 7.99. The minimum atomic E-state index is 0.556. The second kappa shape index (κ2) is 12.4. The number of aldehydes is 1. The molecule has 0 heterocycles. The van der Waals surface area contributed by atoms with E-state index in [-0.39, 0.29) is 0 Å². The van der Waals surface area contributed by atoms with Crippen molar-refractivity contribution in [1.29, 1.82) is 0 Å². The predicted molar refractivity (Wildman–Crippen MR) is 94.5 cm³/mol. The molecule has 0 atom stereocenters. The van der Waals surface area contributed by atoms with Gasteiger partial charge in [0, 0.05) is 6.42 Å². The van der Waals surface area contributed by atoms with Crippen LogP contribution in [0.25, 0.3) is 0 Å². The third kappa shape index (κ3) is 13.4. The second-order valence-electron chi connectivity index (χ2n) is 6.12. The lowest BCUT2D eigenvalue weighted by Crippen LogP contribution is -1.81. The molecule has 0 saturated carbocycles. The van der Waals surface area contributed by atoms with Gasteiger partial charge < -0.3 is 4.79 Å². The normalized spacial score (nSPS) is 13.3. The summed E-state index contributed by atoms with van der Waals surface area (Å²) in [5.74, 6) is 0. The maximum absolute atomic E-state index is 10.4. The molecule has 0 aromatic rings. The Morgan fingerprint density at radius 3 is 1.81 bits per heavy atom. The average Bonchev–Trinajstić information content (AvgIpc) is 2.38. The van der Waals surface area contributed by atoms with Gasteiger partial charge in [-0.3, -0.25) is 0 Å².